The summed E-state index contributed by atoms with van der Waals surface area (Å²) in [4.78, 5) is 21.1. The van der Waals surface area contributed by atoms with E-state index in [1.165, 1.54) is 17.3 Å². The molecule has 3 aromatic heterocycles. The number of nitrogen functional groups attached to an aromatic ring is 1. The molecule has 1 aromatic carbocycles. The maximum Gasteiger partial charge on any atom is 0.179 e. The van der Waals surface area contributed by atoms with Gasteiger partial charge < -0.3 is 16.4 Å². The van der Waals surface area contributed by atoms with Crippen LogP contribution >= 0.6 is 23.4 Å². The standard InChI is InChI=1S/C26H23ClN8S/c27-22-19(5-8-31-24(22)30)36-21-4-3-18-25(34-21)32-14-20(33-18)35-9-6-26(7-10-35)12-16-2-1-15(13-28)11-17(16)23(26)29/h1-5,8,11,14,23H,6-7,9-10,12,29H2,(H2,30,31). The van der Waals surface area contributed by atoms with Gasteiger partial charge in [-0.1, -0.05) is 29.4 Å². The van der Waals surface area contributed by atoms with Gasteiger partial charge >= 0.3 is 0 Å². The molecule has 10 heteroatoms. The number of nitrogens with zero attached hydrogens (tertiary/aromatic N) is 6. The van der Waals surface area contributed by atoms with Crippen LogP contribution in [0.1, 0.15) is 35.6 Å². The van der Waals surface area contributed by atoms with E-state index in [1.807, 2.05) is 30.3 Å². The summed E-state index contributed by atoms with van der Waals surface area (Å²) in [6.07, 6.45) is 6.31. The second-order valence-corrected chi connectivity index (χ2v) is 10.8. The zero-order chi connectivity index (χ0) is 24.9. The summed E-state index contributed by atoms with van der Waals surface area (Å²) in [6, 6.07) is 13.8. The van der Waals surface area contributed by atoms with E-state index in [9.17, 15) is 5.26 Å². The first-order chi connectivity index (χ1) is 17.5. The molecule has 0 saturated carbocycles. The number of hydrogen-bond donors (Lipinski definition) is 2. The number of hydrogen-bond acceptors (Lipinski definition) is 9. The molecule has 36 heavy (non-hydrogen) atoms. The molecule has 4 N–H and O–H groups in total. The van der Waals surface area contributed by atoms with Gasteiger partial charge in [0.25, 0.3) is 0 Å². The first-order valence-electron chi connectivity index (χ1n) is 11.7. The average molecular weight is 515 g/mol. The van der Waals surface area contributed by atoms with Gasteiger partial charge in [0.15, 0.2) is 5.65 Å². The molecule has 1 fully saturated rings. The normalized spacial score (nSPS) is 18.4. The van der Waals surface area contributed by atoms with Gasteiger partial charge in [0.1, 0.15) is 22.2 Å². The number of aromatic nitrogens is 4. The minimum Gasteiger partial charge on any atom is -0.382 e. The third-order valence-corrected chi connectivity index (χ3v) is 8.86. The van der Waals surface area contributed by atoms with E-state index >= 15 is 0 Å². The first kappa shape index (κ1) is 23.0. The molecule has 0 bridgehead atoms. The van der Waals surface area contributed by atoms with E-state index in [-0.39, 0.29) is 11.5 Å². The van der Waals surface area contributed by atoms with Gasteiger partial charge in [-0.3, -0.25) is 0 Å². The van der Waals surface area contributed by atoms with Crippen molar-refractivity contribution in [1.29, 1.82) is 5.26 Å². The van der Waals surface area contributed by atoms with Crippen molar-refractivity contribution in [3.8, 4) is 6.07 Å². The molecular formula is C26H23ClN8S. The smallest absolute Gasteiger partial charge is 0.179 e. The van der Waals surface area contributed by atoms with Gasteiger partial charge in [0.05, 0.1) is 22.9 Å². The van der Waals surface area contributed by atoms with Gasteiger partial charge in [0, 0.05) is 30.2 Å². The largest absolute Gasteiger partial charge is 0.382 e. The number of rotatable bonds is 3. The van der Waals surface area contributed by atoms with Crippen molar-refractivity contribution in [3.05, 3.63) is 70.5 Å². The Morgan fingerprint density at radius 2 is 1.94 bits per heavy atom. The fourth-order valence-corrected chi connectivity index (χ4v) is 6.37. The Morgan fingerprint density at radius 3 is 2.75 bits per heavy atom. The second kappa shape index (κ2) is 8.89. The Kier molecular flexibility index (Phi) is 5.67. The molecular weight excluding hydrogens is 492 g/mol. The lowest BCUT2D eigenvalue weighted by Crippen LogP contribution is -2.44. The van der Waals surface area contributed by atoms with E-state index in [4.69, 9.17) is 28.1 Å². The van der Waals surface area contributed by atoms with Crippen LogP contribution < -0.4 is 16.4 Å². The number of fused-ring (bicyclic) bond motifs is 2. The van der Waals surface area contributed by atoms with Gasteiger partial charge in [-0.05, 0) is 66.1 Å². The lowest BCUT2D eigenvalue weighted by molar-refractivity contribution is 0.187. The third-order valence-electron chi connectivity index (χ3n) is 7.36. The van der Waals surface area contributed by atoms with Crippen LogP contribution in [-0.2, 0) is 6.42 Å². The highest BCUT2D eigenvalue weighted by Gasteiger charge is 2.46. The van der Waals surface area contributed by atoms with Crippen molar-refractivity contribution in [2.24, 2.45) is 11.1 Å². The number of anilines is 2. The Labute approximate surface area is 217 Å². The molecule has 4 aromatic rings. The summed E-state index contributed by atoms with van der Waals surface area (Å²) in [5.74, 6) is 1.14. The highest BCUT2D eigenvalue weighted by atomic mass is 35.5. The number of nitrogens with two attached hydrogens (primary N) is 2. The Morgan fingerprint density at radius 1 is 1.11 bits per heavy atom. The van der Waals surface area contributed by atoms with Gasteiger partial charge in [-0.15, -0.1) is 0 Å². The minimum absolute atomic E-state index is 0.0303. The molecule has 0 radical (unpaired) electrons. The molecule has 180 valence electrons. The van der Waals surface area contributed by atoms with Crippen molar-refractivity contribution in [3.63, 3.8) is 0 Å². The summed E-state index contributed by atoms with van der Waals surface area (Å²) in [6.45, 7) is 1.71. The summed E-state index contributed by atoms with van der Waals surface area (Å²) in [7, 11) is 0. The monoisotopic (exact) mass is 514 g/mol. The molecule has 1 aliphatic carbocycles. The Balaban J connectivity index is 1.18. The number of piperidine rings is 1. The molecule has 8 nitrogen and oxygen atoms in total. The van der Waals surface area contributed by atoms with E-state index < -0.39 is 0 Å². The lowest BCUT2D eigenvalue weighted by Gasteiger charge is -2.42. The van der Waals surface area contributed by atoms with E-state index in [0.717, 1.165) is 59.2 Å². The number of benzene rings is 1. The molecule has 1 unspecified atom stereocenters. The minimum atomic E-state index is -0.0463. The fourth-order valence-electron chi connectivity index (χ4n) is 5.32. The van der Waals surface area contributed by atoms with Crippen LogP contribution in [0, 0.1) is 16.7 Å². The Bertz CT molecular complexity index is 1530. The van der Waals surface area contributed by atoms with Crippen LogP contribution in [0.15, 0.2) is 58.7 Å². The van der Waals surface area contributed by atoms with Crippen molar-refractivity contribution >= 4 is 46.2 Å². The third kappa shape index (κ3) is 3.91. The van der Waals surface area contributed by atoms with Gasteiger partial charge in [-0.25, -0.2) is 19.9 Å². The fraction of sp³-hybridized carbons (Fsp3) is 0.269. The van der Waals surface area contributed by atoms with E-state index in [0.29, 0.717) is 22.1 Å². The van der Waals surface area contributed by atoms with Crippen LogP contribution in [0.25, 0.3) is 11.2 Å². The van der Waals surface area contributed by atoms with Gasteiger partial charge in [0.2, 0.25) is 0 Å². The lowest BCUT2D eigenvalue weighted by atomic mass is 9.73. The zero-order valence-electron chi connectivity index (χ0n) is 19.4. The molecule has 4 heterocycles. The quantitative estimate of drug-likeness (QED) is 0.405. The van der Waals surface area contributed by atoms with Crippen molar-refractivity contribution in [2.45, 2.75) is 35.2 Å². The first-order valence-corrected chi connectivity index (χ1v) is 12.9. The molecule has 1 aliphatic heterocycles. The molecule has 1 spiro atoms. The highest BCUT2D eigenvalue weighted by Crippen LogP contribution is 2.51. The molecule has 0 amide bonds. The predicted molar refractivity (Wildman–Crippen MR) is 141 cm³/mol. The van der Waals surface area contributed by atoms with Crippen LogP contribution in [-0.4, -0.2) is 33.0 Å². The van der Waals surface area contributed by atoms with Crippen LogP contribution in [0.5, 0.6) is 0 Å². The highest BCUT2D eigenvalue weighted by molar-refractivity contribution is 7.99. The summed E-state index contributed by atoms with van der Waals surface area (Å²) >= 11 is 7.68. The predicted octanol–water partition coefficient (Wildman–Crippen LogP) is 4.52. The van der Waals surface area contributed by atoms with Crippen LogP contribution in [0.2, 0.25) is 5.02 Å². The summed E-state index contributed by atoms with van der Waals surface area (Å²) < 4.78 is 0. The van der Waals surface area contributed by atoms with Crippen molar-refractivity contribution in [2.75, 3.05) is 23.7 Å². The van der Waals surface area contributed by atoms with E-state index in [1.54, 1.807) is 12.4 Å². The summed E-state index contributed by atoms with van der Waals surface area (Å²) in [5.41, 5.74) is 17.0. The van der Waals surface area contributed by atoms with Crippen molar-refractivity contribution < 1.29 is 0 Å². The Hall–Kier alpha value is -3.45. The van der Waals surface area contributed by atoms with Crippen molar-refractivity contribution in [1.82, 2.24) is 19.9 Å². The number of halogens is 1. The SMILES string of the molecule is N#Cc1ccc2c(c1)C(N)C1(CCN(c3cnc4nc(Sc5ccnc(N)c5Cl)ccc4n3)CC1)C2. The topological polar surface area (TPSA) is 131 Å². The van der Waals surface area contributed by atoms with Crippen LogP contribution in [0.3, 0.4) is 0 Å². The number of pyridine rings is 2. The number of nitriles is 1. The zero-order valence-corrected chi connectivity index (χ0v) is 20.9. The molecule has 1 atom stereocenters. The summed E-state index contributed by atoms with van der Waals surface area (Å²) in [5, 5.41) is 10.4. The maximum absolute atomic E-state index is 9.27. The molecule has 6 rings (SSSR count). The average Bonchev–Trinajstić information content (AvgIpc) is 3.17. The maximum atomic E-state index is 9.27. The molecule has 2 aliphatic rings. The van der Waals surface area contributed by atoms with Gasteiger partial charge in [-0.2, -0.15) is 5.26 Å². The second-order valence-electron chi connectivity index (χ2n) is 9.36. The molecule has 1 saturated heterocycles. The van der Waals surface area contributed by atoms with E-state index in [2.05, 4.69) is 32.0 Å². The van der Waals surface area contributed by atoms with Crippen LogP contribution in [0.4, 0.5) is 11.6 Å².